The summed E-state index contributed by atoms with van der Waals surface area (Å²) in [4.78, 5) is 25.3. The molecular formula is C14H19N3O3. The fraction of sp³-hybridized carbons (Fsp3) is 0.429. The molecule has 0 unspecified atom stereocenters. The predicted molar refractivity (Wildman–Crippen MR) is 75.4 cm³/mol. The Hall–Kier alpha value is -1.92. The fourth-order valence-electron chi connectivity index (χ4n) is 2.23. The summed E-state index contributed by atoms with van der Waals surface area (Å²) in [5, 5.41) is 2.73. The molecule has 0 bridgehead atoms. The molecule has 2 rings (SSSR count). The molecule has 1 heterocycles. The minimum absolute atomic E-state index is 0.134. The zero-order valence-corrected chi connectivity index (χ0v) is 11.5. The van der Waals surface area contributed by atoms with Gasteiger partial charge >= 0.3 is 0 Å². The molecule has 1 aliphatic rings. The monoisotopic (exact) mass is 277 g/mol. The molecule has 1 aromatic carbocycles. The van der Waals surface area contributed by atoms with Crippen molar-refractivity contribution in [2.75, 3.05) is 31.6 Å². The van der Waals surface area contributed by atoms with Crippen LogP contribution in [0.2, 0.25) is 0 Å². The third-order valence-electron chi connectivity index (χ3n) is 3.16. The van der Waals surface area contributed by atoms with Gasteiger partial charge < -0.3 is 15.8 Å². The third kappa shape index (κ3) is 3.79. The van der Waals surface area contributed by atoms with Gasteiger partial charge in [-0.1, -0.05) is 12.1 Å². The van der Waals surface area contributed by atoms with E-state index in [2.05, 4.69) is 5.32 Å². The lowest BCUT2D eigenvalue weighted by molar-refractivity contribution is -0.119. The lowest BCUT2D eigenvalue weighted by Gasteiger charge is -2.30. The average molecular weight is 277 g/mol. The number of amides is 2. The fourth-order valence-corrected chi connectivity index (χ4v) is 2.23. The van der Waals surface area contributed by atoms with Gasteiger partial charge in [-0.3, -0.25) is 14.5 Å². The number of nitrogens with two attached hydrogens (primary N) is 1. The molecule has 1 saturated heterocycles. The van der Waals surface area contributed by atoms with Crippen LogP contribution < -0.4 is 11.1 Å². The number of hydrogen-bond donors (Lipinski definition) is 2. The second kappa shape index (κ2) is 6.49. The first kappa shape index (κ1) is 14.5. The molecular weight excluding hydrogens is 258 g/mol. The van der Waals surface area contributed by atoms with Gasteiger partial charge in [0.1, 0.15) is 0 Å². The van der Waals surface area contributed by atoms with Gasteiger partial charge in [-0.2, -0.15) is 0 Å². The highest BCUT2D eigenvalue weighted by molar-refractivity contribution is 6.03. The number of benzene rings is 1. The number of hydrogen-bond acceptors (Lipinski definition) is 4. The van der Waals surface area contributed by atoms with E-state index in [1.165, 1.54) is 0 Å². The smallest absolute Gasteiger partial charge is 0.250 e. The van der Waals surface area contributed by atoms with Crippen LogP contribution in [0.4, 0.5) is 5.69 Å². The highest BCUT2D eigenvalue weighted by Gasteiger charge is 2.19. The molecule has 1 fully saturated rings. The highest BCUT2D eigenvalue weighted by atomic mass is 16.5. The van der Waals surface area contributed by atoms with E-state index in [9.17, 15) is 9.59 Å². The van der Waals surface area contributed by atoms with Crippen molar-refractivity contribution < 1.29 is 14.3 Å². The van der Waals surface area contributed by atoms with Crippen molar-refractivity contribution in [2.24, 2.45) is 5.73 Å². The number of nitrogens with one attached hydrogen (secondary N) is 1. The van der Waals surface area contributed by atoms with E-state index in [0.717, 1.165) is 13.1 Å². The molecule has 0 aliphatic carbocycles. The van der Waals surface area contributed by atoms with Crippen molar-refractivity contribution in [1.82, 2.24) is 4.90 Å². The number of carbonyl (C=O) groups excluding carboxylic acids is 2. The number of para-hydroxylation sites is 1. The summed E-state index contributed by atoms with van der Waals surface area (Å²) in [7, 11) is 0. The van der Waals surface area contributed by atoms with Crippen molar-refractivity contribution >= 4 is 17.5 Å². The summed E-state index contributed by atoms with van der Waals surface area (Å²) in [5.74, 6) is -0.714. The molecule has 20 heavy (non-hydrogen) atoms. The SMILES string of the molecule is C[C@@H]1CN(CC(=O)Nc2ccccc2C(N)=O)CCO1. The van der Waals surface area contributed by atoms with Gasteiger partial charge in [0.25, 0.3) is 5.91 Å². The maximum atomic E-state index is 12.0. The Bertz CT molecular complexity index is 504. The molecule has 0 spiro atoms. The summed E-state index contributed by atoms with van der Waals surface area (Å²) in [6.45, 7) is 4.35. The van der Waals surface area contributed by atoms with E-state index in [0.29, 0.717) is 17.9 Å². The number of ether oxygens (including phenoxy) is 1. The molecule has 1 aromatic rings. The molecule has 0 radical (unpaired) electrons. The second-order valence-electron chi connectivity index (χ2n) is 4.87. The summed E-state index contributed by atoms with van der Waals surface area (Å²) in [5.41, 5.74) is 6.04. The van der Waals surface area contributed by atoms with E-state index in [1.807, 2.05) is 11.8 Å². The van der Waals surface area contributed by atoms with Gasteiger partial charge in [0.05, 0.1) is 30.5 Å². The van der Waals surface area contributed by atoms with E-state index >= 15 is 0 Å². The topological polar surface area (TPSA) is 84.7 Å². The van der Waals surface area contributed by atoms with Gasteiger partial charge in [0, 0.05) is 13.1 Å². The lowest BCUT2D eigenvalue weighted by Crippen LogP contribution is -2.44. The Morgan fingerprint density at radius 1 is 1.45 bits per heavy atom. The summed E-state index contributed by atoms with van der Waals surface area (Å²) >= 11 is 0. The summed E-state index contributed by atoms with van der Waals surface area (Å²) < 4.78 is 5.42. The van der Waals surface area contributed by atoms with E-state index in [-0.39, 0.29) is 18.6 Å². The van der Waals surface area contributed by atoms with E-state index in [4.69, 9.17) is 10.5 Å². The molecule has 108 valence electrons. The maximum absolute atomic E-state index is 12.0. The maximum Gasteiger partial charge on any atom is 0.250 e. The molecule has 2 amide bonds. The highest BCUT2D eigenvalue weighted by Crippen LogP contribution is 2.14. The first-order valence-corrected chi connectivity index (χ1v) is 6.59. The summed E-state index contributed by atoms with van der Waals surface area (Å²) in [6.07, 6.45) is 0.134. The van der Waals surface area contributed by atoms with Crippen molar-refractivity contribution in [1.29, 1.82) is 0 Å². The molecule has 0 saturated carbocycles. The zero-order chi connectivity index (χ0) is 14.5. The van der Waals surface area contributed by atoms with Gasteiger partial charge in [0.2, 0.25) is 5.91 Å². The van der Waals surface area contributed by atoms with E-state index < -0.39 is 5.91 Å². The number of nitrogens with zero attached hydrogens (tertiary/aromatic N) is 1. The predicted octanol–water partition coefficient (Wildman–Crippen LogP) is 0.445. The second-order valence-corrected chi connectivity index (χ2v) is 4.87. The van der Waals surface area contributed by atoms with Crippen LogP contribution in [0.3, 0.4) is 0 Å². The van der Waals surface area contributed by atoms with Crippen molar-refractivity contribution in [2.45, 2.75) is 13.0 Å². The van der Waals surface area contributed by atoms with Crippen LogP contribution in [-0.2, 0) is 9.53 Å². The number of anilines is 1. The van der Waals surface area contributed by atoms with Gasteiger partial charge in [-0.15, -0.1) is 0 Å². The quantitative estimate of drug-likeness (QED) is 0.836. The number of primary amides is 1. The standard InChI is InChI=1S/C14H19N3O3/c1-10-8-17(6-7-20-10)9-13(18)16-12-5-3-2-4-11(12)14(15)19/h2-5,10H,6-9H2,1H3,(H2,15,19)(H,16,18)/t10-/m1/s1. The molecule has 1 atom stereocenters. The van der Waals surface area contributed by atoms with Crippen LogP contribution in [-0.4, -0.2) is 49.1 Å². The molecule has 6 heteroatoms. The zero-order valence-electron chi connectivity index (χ0n) is 11.5. The lowest BCUT2D eigenvalue weighted by atomic mass is 10.1. The van der Waals surface area contributed by atoms with Crippen LogP contribution >= 0.6 is 0 Å². The minimum Gasteiger partial charge on any atom is -0.376 e. The van der Waals surface area contributed by atoms with Crippen LogP contribution in [0.1, 0.15) is 17.3 Å². The first-order chi connectivity index (χ1) is 9.56. The minimum atomic E-state index is -0.555. The largest absolute Gasteiger partial charge is 0.376 e. The Labute approximate surface area is 117 Å². The Kier molecular flexibility index (Phi) is 4.70. The van der Waals surface area contributed by atoms with E-state index in [1.54, 1.807) is 24.3 Å². The van der Waals surface area contributed by atoms with Gasteiger partial charge in [-0.25, -0.2) is 0 Å². The Morgan fingerprint density at radius 3 is 2.90 bits per heavy atom. The number of rotatable bonds is 4. The molecule has 0 aromatic heterocycles. The average Bonchev–Trinajstić information content (AvgIpc) is 2.38. The van der Waals surface area contributed by atoms with Crippen molar-refractivity contribution in [3.63, 3.8) is 0 Å². The number of morpholine rings is 1. The molecule has 1 aliphatic heterocycles. The van der Waals surface area contributed by atoms with Gasteiger partial charge in [0.15, 0.2) is 0 Å². The Balaban J connectivity index is 1.96. The van der Waals surface area contributed by atoms with Crippen molar-refractivity contribution in [3.05, 3.63) is 29.8 Å². The van der Waals surface area contributed by atoms with Crippen LogP contribution in [0.5, 0.6) is 0 Å². The molecule has 3 N–H and O–H groups in total. The third-order valence-corrected chi connectivity index (χ3v) is 3.16. The van der Waals surface area contributed by atoms with Gasteiger partial charge in [-0.05, 0) is 19.1 Å². The van der Waals surface area contributed by atoms with Crippen LogP contribution in [0, 0.1) is 0 Å². The summed E-state index contributed by atoms with van der Waals surface area (Å²) in [6, 6.07) is 6.72. The normalized spacial score (nSPS) is 19.6. The van der Waals surface area contributed by atoms with Crippen LogP contribution in [0.25, 0.3) is 0 Å². The first-order valence-electron chi connectivity index (χ1n) is 6.59. The number of carbonyl (C=O) groups is 2. The molecule has 6 nitrogen and oxygen atoms in total. The van der Waals surface area contributed by atoms with Crippen LogP contribution in [0.15, 0.2) is 24.3 Å². The van der Waals surface area contributed by atoms with Crippen molar-refractivity contribution in [3.8, 4) is 0 Å². The Morgan fingerprint density at radius 2 is 2.20 bits per heavy atom.